The summed E-state index contributed by atoms with van der Waals surface area (Å²) < 4.78 is 20.2. The van der Waals surface area contributed by atoms with Gasteiger partial charge in [-0.2, -0.15) is 5.10 Å². The van der Waals surface area contributed by atoms with Crippen molar-refractivity contribution in [1.29, 1.82) is 0 Å². The maximum absolute atomic E-state index is 13.4. The molecule has 0 radical (unpaired) electrons. The van der Waals surface area contributed by atoms with Gasteiger partial charge >= 0.3 is 0 Å². The number of hydrogen-bond acceptors (Lipinski definition) is 5. The van der Waals surface area contributed by atoms with Crippen LogP contribution in [0, 0.1) is 5.82 Å². The van der Waals surface area contributed by atoms with Crippen molar-refractivity contribution >= 4 is 16.6 Å². The Bertz CT molecular complexity index is 1420. The second-order valence-electron chi connectivity index (χ2n) is 9.20. The van der Waals surface area contributed by atoms with Crippen molar-refractivity contribution < 1.29 is 13.9 Å². The summed E-state index contributed by atoms with van der Waals surface area (Å²) in [5, 5.41) is 6.27. The number of hydrogen-bond donors (Lipinski definition) is 0. The van der Waals surface area contributed by atoms with Gasteiger partial charge in [0.25, 0.3) is 5.56 Å². The first-order chi connectivity index (χ1) is 17.5. The number of carbonyl (C=O) groups excluding carboxylic acids is 1. The molecule has 0 aliphatic carbocycles. The van der Waals surface area contributed by atoms with Crippen LogP contribution in [0.2, 0.25) is 0 Å². The number of aromatic nitrogens is 2. The van der Waals surface area contributed by atoms with E-state index >= 15 is 0 Å². The van der Waals surface area contributed by atoms with Gasteiger partial charge in [-0.3, -0.25) is 14.5 Å². The summed E-state index contributed by atoms with van der Waals surface area (Å²) in [7, 11) is 1.60. The number of carbonyl (C=O) groups is 1. The summed E-state index contributed by atoms with van der Waals surface area (Å²) in [5.41, 5.74) is 2.30. The molecule has 1 aromatic heterocycles. The zero-order chi connectivity index (χ0) is 25.1. The molecule has 0 unspecified atom stereocenters. The maximum Gasteiger partial charge on any atom is 0.274 e. The first-order valence-corrected chi connectivity index (χ1v) is 12.2. The average molecular weight is 486 g/mol. The van der Waals surface area contributed by atoms with E-state index in [4.69, 9.17) is 9.84 Å². The molecule has 0 spiro atoms. The minimum atomic E-state index is -0.279. The van der Waals surface area contributed by atoms with Gasteiger partial charge in [-0.05, 0) is 60.9 Å². The molecule has 184 valence electrons. The number of benzene rings is 3. The van der Waals surface area contributed by atoms with E-state index in [0.717, 1.165) is 35.2 Å². The molecular weight excluding hydrogens is 457 g/mol. The third-order valence-electron chi connectivity index (χ3n) is 6.87. The largest absolute Gasteiger partial charge is 0.497 e. The first-order valence-electron chi connectivity index (χ1n) is 12.2. The van der Waals surface area contributed by atoms with E-state index in [1.54, 1.807) is 48.2 Å². The number of halogens is 1. The summed E-state index contributed by atoms with van der Waals surface area (Å²) in [5.74, 6) is 0.511. The smallest absolute Gasteiger partial charge is 0.274 e. The zero-order valence-electron chi connectivity index (χ0n) is 20.2. The summed E-state index contributed by atoms with van der Waals surface area (Å²) in [6.07, 6.45) is 1.98. The van der Waals surface area contributed by atoms with Gasteiger partial charge < -0.3 is 4.74 Å². The first kappa shape index (κ1) is 23.9. The van der Waals surface area contributed by atoms with Crippen LogP contribution in [0.1, 0.15) is 40.5 Å². The predicted molar refractivity (Wildman–Crippen MR) is 137 cm³/mol. The highest BCUT2D eigenvalue weighted by Gasteiger charge is 2.25. The number of ketones is 1. The number of nitrogens with zero attached hydrogens (tertiary/aromatic N) is 3. The molecule has 0 atom stereocenters. The van der Waals surface area contributed by atoms with Crippen molar-refractivity contribution in [2.75, 3.05) is 26.7 Å². The lowest BCUT2D eigenvalue weighted by Gasteiger charge is -2.32. The van der Waals surface area contributed by atoms with E-state index in [1.165, 1.54) is 12.1 Å². The monoisotopic (exact) mass is 485 g/mol. The van der Waals surface area contributed by atoms with Crippen LogP contribution in [0.15, 0.2) is 77.6 Å². The molecule has 0 bridgehead atoms. The van der Waals surface area contributed by atoms with Gasteiger partial charge in [0.05, 0.1) is 30.8 Å². The number of likely N-dealkylation sites (tertiary alicyclic amines) is 1. The van der Waals surface area contributed by atoms with Crippen molar-refractivity contribution in [3.05, 3.63) is 106 Å². The quantitative estimate of drug-likeness (QED) is 0.357. The second-order valence-corrected chi connectivity index (χ2v) is 9.20. The lowest BCUT2D eigenvalue weighted by atomic mass is 10.0. The molecule has 0 saturated carbocycles. The molecule has 2 heterocycles. The highest BCUT2D eigenvalue weighted by atomic mass is 19.1. The van der Waals surface area contributed by atoms with Gasteiger partial charge in [0, 0.05) is 30.5 Å². The maximum atomic E-state index is 13.4. The molecule has 3 aromatic carbocycles. The molecular formula is C29H28FN3O3. The van der Waals surface area contributed by atoms with Crippen LogP contribution >= 0.6 is 0 Å². The molecule has 1 saturated heterocycles. The molecule has 0 N–H and O–H groups in total. The summed E-state index contributed by atoms with van der Waals surface area (Å²) >= 11 is 0. The predicted octanol–water partition coefficient (Wildman–Crippen LogP) is 4.65. The highest BCUT2D eigenvalue weighted by molar-refractivity contribution is 5.97. The minimum Gasteiger partial charge on any atom is -0.497 e. The molecule has 36 heavy (non-hydrogen) atoms. The number of ether oxygens (including phenoxy) is 1. The van der Waals surface area contributed by atoms with Crippen molar-refractivity contribution in [2.24, 2.45) is 0 Å². The summed E-state index contributed by atoms with van der Waals surface area (Å²) in [6, 6.07) is 21.0. The molecule has 1 fully saturated rings. The van der Waals surface area contributed by atoms with E-state index < -0.39 is 0 Å². The standard InChI is InChI=1S/C29H28FN3O3/c1-36-24-12-8-21(9-13-24)28(34)19-32-16-14-23(15-17-32)33-29(35)26-5-3-2-4-25(26)27(31-33)18-20-6-10-22(30)11-7-20/h2-13,23H,14-19H2,1H3. The Morgan fingerprint density at radius 2 is 1.64 bits per heavy atom. The topological polar surface area (TPSA) is 64.4 Å². The normalized spacial score (nSPS) is 14.7. The number of rotatable bonds is 7. The Morgan fingerprint density at radius 1 is 0.972 bits per heavy atom. The van der Waals surface area contributed by atoms with Crippen LogP contribution in [0.25, 0.3) is 10.8 Å². The van der Waals surface area contributed by atoms with Gasteiger partial charge in [0.15, 0.2) is 5.78 Å². The van der Waals surface area contributed by atoms with Gasteiger partial charge in [-0.15, -0.1) is 0 Å². The Morgan fingerprint density at radius 3 is 2.31 bits per heavy atom. The molecule has 6 nitrogen and oxygen atoms in total. The van der Waals surface area contributed by atoms with Crippen molar-refractivity contribution in [3.8, 4) is 5.75 Å². The summed E-state index contributed by atoms with van der Waals surface area (Å²) in [6.45, 7) is 1.76. The number of Topliss-reactive ketones (excluding diaryl/α,β-unsaturated/α-hetero) is 1. The van der Waals surface area contributed by atoms with Crippen LogP contribution in [0.5, 0.6) is 5.75 Å². The van der Waals surface area contributed by atoms with Gasteiger partial charge in [-0.25, -0.2) is 9.07 Å². The van der Waals surface area contributed by atoms with Crippen LogP contribution in [-0.2, 0) is 6.42 Å². The third kappa shape index (κ3) is 5.06. The fourth-order valence-corrected chi connectivity index (χ4v) is 4.84. The van der Waals surface area contributed by atoms with Crippen LogP contribution < -0.4 is 10.3 Å². The molecule has 5 rings (SSSR count). The van der Waals surface area contributed by atoms with E-state index in [0.29, 0.717) is 37.0 Å². The van der Waals surface area contributed by atoms with Gasteiger partial charge in [-0.1, -0.05) is 30.3 Å². The van der Waals surface area contributed by atoms with Gasteiger partial charge in [0.1, 0.15) is 11.6 Å². The molecule has 1 aliphatic heterocycles. The van der Waals surface area contributed by atoms with E-state index in [-0.39, 0.29) is 23.2 Å². The zero-order valence-corrected chi connectivity index (χ0v) is 20.2. The Kier molecular flexibility index (Phi) is 6.91. The van der Waals surface area contributed by atoms with E-state index in [1.807, 2.05) is 24.3 Å². The lowest BCUT2D eigenvalue weighted by Crippen LogP contribution is -2.40. The number of methoxy groups -OCH3 is 1. The molecule has 4 aromatic rings. The van der Waals surface area contributed by atoms with Crippen LogP contribution in [0.4, 0.5) is 4.39 Å². The van der Waals surface area contributed by atoms with E-state index in [2.05, 4.69) is 4.90 Å². The molecule has 1 aliphatic rings. The van der Waals surface area contributed by atoms with Crippen LogP contribution in [-0.4, -0.2) is 47.2 Å². The Hall–Kier alpha value is -3.84. The fourth-order valence-electron chi connectivity index (χ4n) is 4.84. The lowest BCUT2D eigenvalue weighted by molar-refractivity contribution is 0.0893. The minimum absolute atomic E-state index is 0.0404. The third-order valence-corrected chi connectivity index (χ3v) is 6.87. The Labute approximate surface area is 208 Å². The van der Waals surface area contributed by atoms with Crippen LogP contribution in [0.3, 0.4) is 0 Å². The van der Waals surface area contributed by atoms with Crippen molar-refractivity contribution in [1.82, 2.24) is 14.7 Å². The van der Waals surface area contributed by atoms with Crippen molar-refractivity contribution in [3.63, 3.8) is 0 Å². The second kappa shape index (κ2) is 10.4. The van der Waals surface area contributed by atoms with Gasteiger partial charge in [0.2, 0.25) is 0 Å². The van der Waals surface area contributed by atoms with Crippen molar-refractivity contribution in [2.45, 2.75) is 25.3 Å². The summed E-state index contributed by atoms with van der Waals surface area (Å²) in [4.78, 5) is 28.2. The number of piperidine rings is 1. The fraction of sp³-hybridized carbons (Fsp3) is 0.276. The molecule has 0 amide bonds. The Balaban J connectivity index is 1.33. The highest BCUT2D eigenvalue weighted by Crippen LogP contribution is 2.24. The van der Waals surface area contributed by atoms with E-state index in [9.17, 15) is 14.0 Å². The average Bonchev–Trinajstić information content (AvgIpc) is 2.92. The molecule has 7 heteroatoms. The number of fused-ring (bicyclic) bond motifs is 1. The SMILES string of the molecule is COc1ccc(C(=O)CN2CCC(n3nc(Cc4ccc(F)cc4)c4ccccc4c3=O)CC2)cc1.